The first-order valence-electron chi connectivity index (χ1n) is 5.49. The van der Waals surface area contributed by atoms with Crippen LogP contribution in [-0.2, 0) is 0 Å². The summed E-state index contributed by atoms with van der Waals surface area (Å²) in [6.07, 6.45) is 3.19. The van der Waals surface area contributed by atoms with E-state index in [0.29, 0.717) is 21.3 Å². The van der Waals surface area contributed by atoms with Crippen LogP contribution in [-0.4, -0.2) is 27.6 Å². The van der Waals surface area contributed by atoms with Gasteiger partial charge >= 0.3 is 0 Å². The Labute approximate surface area is 114 Å². The van der Waals surface area contributed by atoms with Gasteiger partial charge in [-0.3, -0.25) is 15.1 Å². The van der Waals surface area contributed by atoms with Gasteiger partial charge in [0.2, 0.25) is 0 Å². The van der Waals surface area contributed by atoms with Crippen molar-refractivity contribution in [3.8, 4) is 11.8 Å². The Balaban J connectivity index is 2.11. The second kappa shape index (κ2) is 6.09. The van der Waals surface area contributed by atoms with Crippen LogP contribution in [0.4, 0.5) is 5.13 Å². The molecule has 0 aliphatic carbocycles. The smallest absolute Gasteiger partial charge is 0.259 e. The molecule has 2 heterocycles. The van der Waals surface area contributed by atoms with Gasteiger partial charge in [0.15, 0.2) is 5.13 Å². The van der Waals surface area contributed by atoms with Gasteiger partial charge in [-0.05, 0) is 19.1 Å². The van der Waals surface area contributed by atoms with E-state index in [1.165, 1.54) is 11.3 Å². The number of amides is 1. The van der Waals surface area contributed by atoms with Crippen molar-refractivity contribution in [1.29, 1.82) is 0 Å². The van der Waals surface area contributed by atoms with Crippen LogP contribution in [0.15, 0.2) is 24.5 Å². The maximum absolute atomic E-state index is 12.0. The van der Waals surface area contributed by atoms with Crippen molar-refractivity contribution >= 4 is 22.4 Å². The summed E-state index contributed by atoms with van der Waals surface area (Å²) in [5.74, 6) is 5.01. The molecule has 0 saturated carbocycles. The molecule has 6 heteroatoms. The Morgan fingerprint density at radius 3 is 3.11 bits per heavy atom. The molecule has 0 atom stereocenters. The Morgan fingerprint density at radius 2 is 2.37 bits per heavy atom. The van der Waals surface area contributed by atoms with Crippen LogP contribution >= 0.6 is 11.3 Å². The third kappa shape index (κ3) is 3.37. The van der Waals surface area contributed by atoms with Crippen molar-refractivity contribution in [1.82, 2.24) is 9.97 Å². The predicted molar refractivity (Wildman–Crippen MR) is 73.0 cm³/mol. The fraction of sp³-hybridized carbons (Fsp3) is 0.154. The molecule has 0 bridgehead atoms. The molecule has 0 aromatic carbocycles. The van der Waals surface area contributed by atoms with Crippen molar-refractivity contribution < 1.29 is 9.90 Å². The zero-order chi connectivity index (χ0) is 13.7. The SMILES string of the molecule is Cc1ncccc1C(=O)Nc1ncc(C#CCO)s1. The van der Waals surface area contributed by atoms with Gasteiger partial charge < -0.3 is 5.11 Å². The summed E-state index contributed by atoms with van der Waals surface area (Å²) in [4.78, 5) is 20.8. The Hall–Kier alpha value is -2.23. The summed E-state index contributed by atoms with van der Waals surface area (Å²) < 4.78 is 0. The molecular formula is C13H11N3O2S. The number of nitrogens with zero attached hydrogens (tertiary/aromatic N) is 2. The molecule has 0 aliphatic heterocycles. The van der Waals surface area contributed by atoms with E-state index in [2.05, 4.69) is 27.1 Å². The number of aromatic nitrogens is 2. The van der Waals surface area contributed by atoms with E-state index >= 15 is 0 Å². The maximum Gasteiger partial charge on any atom is 0.259 e. The van der Waals surface area contributed by atoms with E-state index < -0.39 is 0 Å². The molecule has 96 valence electrons. The highest BCUT2D eigenvalue weighted by Crippen LogP contribution is 2.18. The normalized spacial score (nSPS) is 9.58. The zero-order valence-electron chi connectivity index (χ0n) is 10.2. The van der Waals surface area contributed by atoms with E-state index in [0.717, 1.165) is 0 Å². The quantitative estimate of drug-likeness (QED) is 0.812. The standard InChI is InChI=1S/C13H11N3O2S/c1-9-11(5-2-6-14-9)12(18)16-13-15-8-10(19-13)4-3-7-17/h2,5-6,8,17H,7H2,1H3,(H,15,16,18). The van der Waals surface area contributed by atoms with Gasteiger partial charge in [-0.25, -0.2) is 4.98 Å². The van der Waals surface area contributed by atoms with E-state index in [4.69, 9.17) is 5.11 Å². The minimum absolute atomic E-state index is 0.200. The number of thiazole rings is 1. The summed E-state index contributed by atoms with van der Waals surface area (Å²) in [5.41, 5.74) is 1.18. The highest BCUT2D eigenvalue weighted by molar-refractivity contribution is 7.16. The maximum atomic E-state index is 12.0. The summed E-state index contributed by atoms with van der Waals surface area (Å²) in [6.45, 7) is 1.57. The van der Waals surface area contributed by atoms with Crippen LogP contribution in [0.25, 0.3) is 0 Å². The first-order chi connectivity index (χ1) is 9.20. The lowest BCUT2D eigenvalue weighted by Crippen LogP contribution is -2.13. The van der Waals surface area contributed by atoms with Gasteiger partial charge in [0.25, 0.3) is 5.91 Å². The fourth-order valence-corrected chi connectivity index (χ4v) is 2.09. The second-order valence-corrected chi connectivity index (χ2v) is 4.61. The van der Waals surface area contributed by atoms with Crippen LogP contribution in [0.2, 0.25) is 0 Å². The van der Waals surface area contributed by atoms with Gasteiger partial charge in [0.1, 0.15) is 6.61 Å². The molecule has 5 nitrogen and oxygen atoms in total. The molecular weight excluding hydrogens is 262 g/mol. The van der Waals surface area contributed by atoms with Crippen molar-refractivity contribution in [2.24, 2.45) is 0 Å². The number of rotatable bonds is 2. The molecule has 0 spiro atoms. The van der Waals surface area contributed by atoms with E-state index in [9.17, 15) is 4.79 Å². The number of anilines is 1. The molecule has 0 saturated heterocycles. The van der Waals surface area contributed by atoms with Crippen molar-refractivity contribution in [2.45, 2.75) is 6.92 Å². The summed E-state index contributed by atoms with van der Waals surface area (Å²) in [5, 5.41) is 11.8. The number of carbonyl (C=O) groups excluding carboxylic acids is 1. The van der Waals surface area contributed by atoms with E-state index in [1.54, 1.807) is 31.5 Å². The molecule has 0 unspecified atom stereocenters. The Bertz CT molecular complexity index is 655. The highest BCUT2D eigenvalue weighted by atomic mass is 32.1. The summed E-state index contributed by atoms with van der Waals surface area (Å²) >= 11 is 1.25. The average Bonchev–Trinajstić information content (AvgIpc) is 2.84. The molecule has 0 aliphatic rings. The van der Waals surface area contributed by atoms with Crippen LogP contribution in [0.3, 0.4) is 0 Å². The lowest BCUT2D eigenvalue weighted by atomic mass is 10.2. The van der Waals surface area contributed by atoms with Crippen LogP contribution in [0.5, 0.6) is 0 Å². The number of hydrogen-bond acceptors (Lipinski definition) is 5. The molecule has 2 rings (SSSR count). The molecule has 1 amide bonds. The van der Waals surface area contributed by atoms with E-state index in [-0.39, 0.29) is 12.5 Å². The first kappa shape index (κ1) is 13.2. The number of carbonyl (C=O) groups is 1. The van der Waals surface area contributed by atoms with Crippen molar-refractivity contribution in [2.75, 3.05) is 11.9 Å². The number of aliphatic hydroxyl groups is 1. The molecule has 2 aromatic rings. The summed E-state index contributed by atoms with van der Waals surface area (Å²) in [7, 11) is 0. The van der Waals surface area contributed by atoms with Crippen molar-refractivity contribution in [3.05, 3.63) is 40.7 Å². The lowest BCUT2D eigenvalue weighted by Gasteiger charge is -2.03. The number of pyridine rings is 1. The second-order valence-electron chi connectivity index (χ2n) is 3.58. The minimum Gasteiger partial charge on any atom is -0.384 e. The number of aryl methyl sites for hydroxylation is 1. The Kier molecular flexibility index (Phi) is 4.23. The molecule has 2 N–H and O–H groups in total. The molecule has 0 fully saturated rings. The predicted octanol–water partition coefficient (Wildman–Crippen LogP) is 1.44. The first-order valence-corrected chi connectivity index (χ1v) is 6.31. The monoisotopic (exact) mass is 273 g/mol. The van der Waals surface area contributed by atoms with Gasteiger partial charge in [0, 0.05) is 11.9 Å². The van der Waals surface area contributed by atoms with E-state index in [1.807, 2.05) is 0 Å². The van der Waals surface area contributed by atoms with Crippen molar-refractivity contribution in [3.63, 3.8) is 0 Å². The third-order valence-corrected chi connectivity index (χ3v) is 3.10. The van der Waals surface area contributed by atoms with Crippen LogP contribution in [0, 0.1) is 18.8 Å². The van der Waals surface area contributed by atoms with Gasteiger partial charge in [-0.15, -0.1) is 0 Å². The third-order valence-electron chi connectivity index (χ3n) is 2.27. The number of aliphatic hydroxyl groups excluding tert-OH is 1. The highest BCUT2D eigenvalue weighted by Gasteiger charge is 2.11. The molecule has 19 heavy (non-hydrogen) atoms. The molecule has 0 radical (unpaired) electrons. The van der Waals surface area contributed by atoms with Crippen LogP contribution in [0.1, 0.15) is 20.9 Å². The summed E-state index contributed by atoms with van der Waals surface area (Å²) in [6, 6.07) is 3.42. The average molecular weight is 273 g/mol. The fourth-order valence-electron chi connectivity index (χ4n) is 1.41. The molecule has 2 aromatic heterocycles. The topological polar surface area (TPSA) is 75.1 Å². The van der Waals surface area contributed by atoms with Gasteiger partial charge in [-0.1, -0.05) is 23.2 Å². The number of nitrogens with one attached hydrogen (secondary N) is 1. The Morgan fingerprint density at radius 1 is 1.53 bits per heavy atom. The van der Waals surface area contributed by atoms with Gasteiger partial charge in [0.05, 0.1) is 16.6 Å². The lowest BCUT2D eigenvalue weighted by molar-refractivity contribution is 0.102. The zero-order valence-corrected chi connectivity index (χ0v) is 11.0. The number of hydrogen-bond donors (Lipinski definition) is 2. The largest absolute Gasteiger partial charge is 0.384 e. The minimum atomic E-state index is -0.249. The van der Waals surface area contributed by atoms with Gasteiger partial charge in [-0.2, -0.15) is 0 Å². The van der Waals surface area contributed by atoms with Crippen LogP contribution < -0.4 is 5.32 Å².